The molecule has 0 saturated carbocycles. The molecule has 1 aromatic rings. The number of esters is 1. The number of nitrogens with one attached hydrogen (secondary N) is 2. The van der Waals surface area contributed by atoms with Crippen molar-refractivity contribution in [1.82, 2.24) is 15.2 Å². The second-order valence-corrected chi connectivity index (χ2v) is 6.53. The molecule has 2 N–H and O–H groups in total. The molecule has 156 valence electrons. The van der Waals surface area contributed by atoms with Crippen molar-refractivity contribution in [3.63, 3.8) is 0 Å². The summed E-state index contributed by atoms with van der Waals surface area (Å²) in [5.41, 5.74) is 1.04. The van der Waals surface area contributed by atoms with E-state index in [-0.39, 0.29) is 41.8 Å². The Bertz CT molecular complexity index is 666. The van der Waals surface area contributed by atoms with Gasteiger partial charge in [-0.3, -0.25) is 14.6 Å². The summed E-state index contributed by atoms with van der Waals surface area (Å²) in [4.78, 5) is 34.5. The lowest BCUT2D eigenvalue weighted by atomic mass is 9.98. The molecule has 1 amide bonds. The summed E-state index contributed by atoms with van der Waals surface area (Å²) in [5.74, 6) is 0.849. The van der Waals surface area contributed by atoms with Crippen molar-refractivity contribution in [1.29, 1.82) is 0 Å². The number of aryl methyl sites for hydroxylation is 1. The Balaban J connectivity index is 0.00000392. The maximum atomic E-state index is 12.1. The highest BCUT2D eigenvalue weighted by Crippen LogP contribution is 2.18. The van der Waals surface area contributed by atoms with Crippen molar-refractivity contribution < 1.29 is 14.3 Å². The van der Waals surface area contributed by atoms with Gasteiger partial charge in [0.1, 0.15) is 5.82 Å². The van der Waals surface area contributed by atoms with Crippen LogP contribution in [0, 0.1) is 12.8 Å². The van der Waals surface area contributed by atoms with Crippen molar-refractivity contribution in [3.05, 3.63) is 23.9 Å². The zero-order valence-corrected chi connectivity index (χ0v) is 19.1. The Labute approximate surface area is 183 Å². The van der Waals surface area contributed by atoms with Crippen molar-refractivity contribution in [3.8, 4) is 0 Å². The topological polar surface area (TPSA) is 95.9 Å². The first-order valence-corrected chi connectivity index (χ1v) is 9.38. The Morgan fingerprint density at radius 2 is 2.18 bits per heavy atom. The van der Waals surface area contributed by atoms with Crippen LogP contribution >= 0.6 is 24.0 Å². The average Bonchev–Trinajstić information content (AvgIpc) is 2.67. The van der Waals surface area contributed by atoms with E-state index in [1.165, 1.54) is 0 Å². The van der Waals surface area contributed by atoms with E-state index in [0.717, 1.165) is 24.9 Å². The largest absolute Gasteiger partial charge is 0.466 e. The van der Waals surface area contributed by atoms with Gasteiger partial charge in [-0.25, -0.2) is 4.98 Å². The fourth-order valence-corrected chi connectivity index (χ4v) is 2.99. The van der Waals surface area contributed by atoms with E-state index in [4.69, 9.17) is 4.74 Å². The third-order valence-corrected chi connectivity index (χ3v) is 4.37. The third kappa shape index (κ3) is 7.61. The van der Waals surface area contributed by atoms with Crippen molar-refractivity contribution in [2.24, 2.45) is 10.9 Å². The van der Waals surface area contributed by atoms with Crippen LogP contribution in [0.3, 0.4) is 0 Å². The second-order valence-electron chi connectivity index (χ2n) is 6.53. The van der Waals surface area contributed by atoms with E-state index in [9.17, 15) is 9.59 Å². The van der Waals surface area contributed by atoms with Crippen LogP contribution in [0.2, 0.25) is 0 Å². The molecule has 1 aliphatic heterocycles. The van der Waals surface area contributed by atoms with Crippen molar-refractivity contribution in [2.75, 3.05) is 38.6 Å². The third-order valence-electron chi connectivity index (χ3n) is 4.37. The van der Waals surface area contributed by atoms with Crippen LogP contribution in [0.15, 0.2) is 23.3 Å². The lowest BCUT2D eigenvalue weighted by molar-refractivity contribution is -0.149. The Hall–Kier alpha value is -1.91. The van der Waals surface area contributed by atoms with E-state index in [2.05, 4.69) is 20.6 Å². The van der Waals surface area contributed by atoms with Gasteiger partial charge in [0.25, 0.3) is 0 Å². The summed E-state index contributed by atoms with van der Waals surface area (Å²) in [7, 11) is 1.70. The molecule has 0 aliphatic carbocycles. The molecule has 1 fully saturated rings. The van der Waals surface area contributed by atoms with Crippen LogP contribution in [0.25, 0.3) is 0 Å². The van der Waals surface area contributed by atoms with E-state index in [1.54, 1.807) is 19.3 Å². The second kappa shape index (κ2) is 12.5. The fraction of sp³-hybridized carbons (Fsp3) is 0.579. The van der Waals surface area contributed by atoms with E-state index >= 15 is 0 Å². The van der Waals surface area contributed by atoms with Gasteiger partial charge in [-0.1, -0.05) is 6.07 Å². The van der Waals surface area contributed by atoms with Crippen molar-refractivity contribution in [2.45, 2.75) is 33.1 Å². The van der Waals surface area contributed by atoms with Gasteiger partial charge in [-0.2, -0.15) is 0 Å². The van der Waals surface area contributed by atoms with Crippen LogP contribution in [0.4, 0.5) is 5.82 Å². The van der Waals surface area contributed by atoms with Gasteiger partial charge in [-0.05, 0) is 38.3 Å². The highest BCUT2D eigenvalue weighted by Gasteiger charge is 2.28. The number of ether oxygens (including phenoxy) is 1. The Morgan fingerprint density at radius 3 is 2.82 bits per heavy atom. The molecule has 1 unspecified atom stereocenters. The zero-order valence-electron chi connectivity index (χ0n) is 16.7. The normalized spacial score (nSPS) is 16.8. The van der Waals surface area contributed by atoms with Gasteiger partial charge < -0.3 is 20.3 Å². The molecule has 1 aromatic heterocycles. The molecule has 0 aromatic carbocycles. The van der Waals surface area contributed by atoms with Gasteiger partial charge in [0.05, 0.1) is 12.5 Å². The number of guanidine groups is 1. The first kappa shape index (κ1) is 24.1. The molecule has 0 radical (unpaired) electrons. The number of amides is 1. The number of hydrogen-bond acceptors (Lipinski definition) is 5. The number of anilines is 1. The Morgan fingerprint density at radius 1 is 1.39 bits per heavy atom. The van der Waals surface area contributed by atoms with Gasteiger partial charge in [0.2, 0.25) is 5.91 Å². The van der Waals surface area contributed by atoms with Crippen molar-refractivity contribution >= 4 is 47.6 Å². The van der Waals surface area contributed by atoms with Crippen LogP contribution < -0.4 is 10.6 Å². The molecule has 2 rings (SSSR count). The maximum Gasteiger partial charge on any atom is 0.310 e. The number of carbonyl (C=O) groups excluding carboxylic acids is 2. The minimum Gasteiger partial charge on any atom is -0.466 e. The number of aromatic nitrogens is 1. The lowest BCUT2D eigenvalue weighted by Gasteiger charge is -2.33. The number of carbonyl (C=O) groups is 2. The van der Waals surface area contributed by atoms with E-state index in [0.29, 0.717) is 37.9 Å². The molecular weight excluding hydrogens is 473 g/mol. The summed E-state index contributed by atoms with van der Waals surface area (Å²) >= 11 is 0. The quantitative estimate of drug-likeness (QED) is 0.268. The molecule has 1 atom stereocenters. The summed E-state index contributed by atoms with van der Waals surface area (Å²) in [6, 6.07) is 3.68. The molecule has 0 spiro atoms. The predicted molar refractivity (Wildman–Crippen MR) is 120 cm³/mol. The van der Waals surface area contributed by atoms with Gasteiger partial charge in [0, 0.05) is 39.3 Å². The number of pyridine rings is 1. The summed E-state index contributed by atoms with van der Waals surface area (Å²) in [5, 5.41) is 5.97. The highest BCUT2D eigenvalue weighted by molar-refractivity contribution is 14.0. The minimum absolute atomic E-state index is 0. The van der Waals surface area contributed by atoms with Crippen LogP contribution in [-0.2, 0) is 14.3 Å². The first-order valence-electron chi connectivity index (χ1n) is 9.38. The first-order chi connectivity index (χ1) is 13.0. The molecule has 1 aliphatic rings. The molecule has 28 heavy (non-hydrogen) atoms. The Kier molecular flexibility index (Phi) is 10.8. The SMILES string of the molecule is CCOC(=O)C1CCCN(C(=NC)NCCC(=O)Nc2ccc(C)cn2)C1.I. The number of piperidine rings is 1. The zero-order chi connectivity index (χ0) is 19.6. The predicted octanol–water partition coefficient (Wildman–Crippen LogP) is 2.19. The summed E-state index contributed by atoms with van der Waals surface area (Å²) in [6.45, 7) is 6.02. The maximum absolute atomic E-state index is 12.1. The number of likely N-dealkylation sites (tertiary alicyclic amines) is 1. The van der Waals surface area contributed by atoms with Gasteiger partial charge >= 0.3 is 5.97 Å². The lowest BCUT2D eigenvalue weighted by Crippen LogP contribution is -2.48. The fourth-order valence-electron chi connectivity index (χ4n) is 2.99. The monoisotopic (exact) mass is 503 g/mol. The number of nitrogens with zero attached hydrogens (tertiary/aromatic N) is 3. The number of hydrogen-bond donors (Lipinski definition) is 2. The highest BCUT2D eigenvalue weighted by atomic mass is 127. The number of aliphatic imine (C=N–C) groups is 1. The molecule has 2 heterocycles. The summed E-state index contributed by atoms with van der Waals surface area (Å²) in [6.07, 6.45) is 3.75. The van der Waals surface area contributed by atoms with E-state index in [1.807, 2.05) is 24.8 Å². The minimum atomic E-state index is -0.150. The summed E-state index contributed by atoms with van der Waals surface area (Å²) < 4.78 is 5.13. The van der Waals surface area contributed by atoms with E-state index < -0.39 is 0 Å². The van der Waals surface area contributed by atoms with Gasteiger partial charge in [-0.15, -0.1) is 24.0 Å². The average molecular weight is 503 g/mol. The smallest absolute Gasteiger partial charge is 0.310 e. The number of rotatable bonds is 6. The molecular formula is C19H30IN5O3. The number of halogens is 1. The van der Waals surface area contributed by atoms with Gasteiger partial charge in [0.15, 0.2) is 5.96 Å². The molecule has 8 nitrogen and oxygen atoms in total. The standard InChI is InChI=1S/C19H29N5O3.HI/c1-4-27-18(26)15-6-5-11-24(13-15)19(20-3)21-10-9-17(25)23-16-8-7-14(2)12-22-16;/h7-8,12,15H,4-6,9-11,13H2,1-3H3,(H,20,21)(H,22,23,25);1H. The molecule has 9 heteroatoms. The molecule has 0 bridgehead atoms. The van der Waals surface area contributed by atoms with Crippen LogP contribution in [0.5, 0.6) is 0 Å². The molecule has 1 saturated heterocycles. The van der Waals surface area contributed by atoms with Crippen LogP contribution in [0.1, 0.15) is 31.7 Å². The van der Waals surface area contributed by atoms with Crippen LogP contribution in [-0.4, -0.2) is 61.0 Å².